The van der Waals surface area contributed by atoms with E-state index in [9.17, 15) is 0 Å². The summed E-state index contributed by atoms with van der Waals surface area (Å²) in [5.41, 5.74) is 1.16. The molecule has 1 N–H and O–H groups in total. The highest BCUT2D eigenvalue weighted by Crippen LogP contribution is 2.48. The standard InChI is InChI=1S/C17H27N3/c1-12-11-20(16-4-2-3-5-16)17(19-12)18-10-15-9-13-6-7-14(15)8-13/h11,13-16H,2-10H2,1H3,(H,18,19). The van der Waals surface area contributed by atoms with Gasteiger partial charge in [-0.15, -0.1) is 0 Å². The highest BCUT2D eigenvalue weighted by Gasteiger charge is 2.39. The maximum atomic E-state index is 4.73. The Labute approximate surface area is 122 Å². The Balaban J connectivity index is 1.43. The van der Waals surface area contributed by atoms with Crippen LogP contribution in [0, 0.1) is 24.7 Å². The van der Waals surface area contributed by atoms with Crippen LogP contribution in [0.15, 0.2) is 6.20 Å². The molecular formula is C17H27N3. The van der Waals surface area contributed by atoms with Crippen molar-refractivity contribution in [1.29, 1.82) is 0 Å². The number of aryl methyl sites for hydroxylation is 1. The number of hydrogen-bond donors (Lipinski definition) is 1. The Bertz CT molecular complexity index is 473. The molecule has 1 aromatic heterocycles. The topological polar surface area (TPSA) is 29.9 Å². The molecule has 3 heteroatoms. The smallest absolute Gasteiger partial charge is 0.203 e. The van der Waals surface area contributed by atoms with E-state index in [1.165, 1.54) is 51.4 Å². The van der Waals surface area contributed by atoms with Gasteiger partial charge in [-0.05, 0) is 56.8 Å². The van der Waals surface area contributed by atoms with E-state index in [4.69, 9.17) is 4.98 Å². The zero-order valence-electron chi connectivity index (χ0n) is 12.6. The maximum absolute atomic E-state index is 4.73. The average molecular weight is 273 g/mol. The second kappa shape index (κ2) is 5.09. The highest BCUT2D eigenvalue weighted by molar-refractivity contribution is 5.30. The summed E-state index contributed by atoms with van der Waals surface area (Å²) in [4.78, 5) is 4.73. The van der Waals surface area contributed by atoms with Gasteiger partial charge in [0.1, 0.15) is 0 Å². The highest BCUT2D eigenvalue weighted by atomic mass is 15.2. The van der Waals surface area contributed by atoms with Crippen molar-refractivity contribution in [3.05, 3.63) is 11.9 Å². The molecule has 4 rings (SSSR count). The first-order valence-corrected chi connectivity index (χ1v) is 8.59. The summed E-state index contributed by atoms with van der Waals surface area (Å²) >= 11 is 0. The van der Waals surface area contributed by atoms with Crippen molar-refractivity contribution in [2.45, 2.75) is 64.3 Å². The Kier molecular flexibility index (Phi) is 3.24. The van der Waals surface area contributed by atoms with Crippen LogP contribution in [0.2, 0.25) is 0 Å². The molecule has 3 unspecified atom stereocenters. The summed E-state index contributed by atoms with van der Waals surface area (Å²) in [5, 5.41) is 3.69. The number of imidazole rings is 1. The van der Waals surface area contributed by atoms with Crippen LogP contribution >= 0.6 is 0 Å². The van der Waals surface area contributed by atoms with Gasteiger partial charge in [0, 0.05) is 18.8 Å². The van der Waals surface area contributed by atoms with Crippen molar-refractivity contribution in [2.75, 3.05) is 11.9 Å². The molecule has 3 nitrogen and oxygen atoms in total. The molecule has 3 atom stereocenters. The van der Waals surface area contributed by atoms with E-state index in [0.717, 1.165) is 35.9 Å². The Morgan fingerprint density at radius 3 is 2.75 bits per heavy atom. The fraction of sp³-hybridized carbons (Fsp3) is 0.824. The summed E-state index contributed by atoms with van der Waals surface area (Å²) in [6.45, 7) is 3.26. The lowest BCUT2D eigenvalue weighted by Crippen LogP contribution is -2.22. The minimum atomic E-state index is 0.693. The van der Waals surface area contributed by atoms with Crippen molar-refractivity contribution in [3.8, 4) is 0 Å². The first-order valence-electron chi connectivity index (χ1n) is 8.59. The van der Waals surface area contributed by atoms with Crippen LogP contribution in [0.25, 0.3) is 0 Å². The van der Waals surface area contributed by atoms with Crippen LogP contribution in [0.4, 0.5) is 5.95 Å². The van der Waals surface area contributed by atoms with E-state index in [1.54, 1.807) is 0 Å². The SMILES string of the molecule is Cc1cn(C2CCCC2)c(NCC2CC3CCC2C3)n1. The molecule has 3 saturated carbocycles. The van der Waals surface area contributed by atoms with E-state index in [-0.39, 0.29) is 0 Å². The molecular weight excluding hydrogens is 246 g/mol. The van der Waals surface area contributed by atoms with Crippen molar-refractivity contribution >= 4 is 5.95 Å². The van der Waals surface area contributed by atoms with Crippen LogP contribution < -0.4 is 5.32 Å². The molecule has 2 bridgehead atoms. The number of nitrogens with one attached hydrogen (secondary N) is 1. The second-order valence-electron chi connectivity index (χ2n) is 7.37. The predicted molar refractivity (Wildman–Crippen MR) is 81.9 cm³/mol. The molecule has 110 valence electrons. The molecule has 0 spiro atoms. The lowest BCUT2D eigenvalue weighted by atomic mass is 9.89. The summed E-state index contributed by atoms with van der Waals surface area (Å²) in [6, 6.07) is 0.693. The summed E-state index contributed by atoms with van der Waals surface area (Å²) in [7, 11) is 0. The van der Waals surface area contributed by atoms with Crippen molar-refractivity contribution in [2.24, 2.45) is 17.8 Å². The third-order valence-electron chi connectivity index (χ3n) is 5.98. The summed E-state index contributed by atoms with van der Waals surface area (Å²) in [6.07, 6.45) is 13.6. The number of fused-ring (bicyclic) bond motifs is 2. The minimum absolute atomic E-state index is 0.693. The maximum Gasteiger partial charge on any atom is 0.203 e. The average Bonchev–Trinajstić information content (AvgIpc) is 3.20. The van der Waals surface area contributed by atoms with E-state index in [1.807, 2.05) is 0 Å². The first kappa shape index (κ1) is 12.7. The molecule has 20 heavy (non-hydrogen) atoms. The lowest BCUT2D eigenvalue weighted by Gasteiger charge is -2.23. The molecule has 0 amide bonds. The number of hydrogen-bond acceptors (Lipinski definition) is 2. The van der Waals surface area contributed by atoms with E-state index in [2.05, 4.69) is 23.0 Å². The first-order chi connectivity index (χ1) is 9.79. The van der Waals surface area contributed by atoms with Gasteiger partial charge in [0.25, 0.3) is 0 Å². The van der Waals surface area contributed by atoms with E-state index >= 15 is 0 Å². The second-order valence-corrected chi connectivity index (χ2v) is 7.37. The monoisotopic (exact) mass is 273 g/mol. The Morgan fingerprint density at radius 2 is 2.05 bits per heavy atom. The minimum Gasteiger partial charge on any atom is -0.355 e. The molecule has 0 radical (unpaired) electrons. The van der Waals surface area contributed by atoms with Gasteiger partial charge in [0.05, 0.1) is 5.69 Å². The van der Waals surface area contributed by atoms with Gasteiger partial charge in [-0.3, -0.25) is 0 Å². The fourth-order valence-corrected chi connectivity index (χ4v) is 4.96. The van der Waals surface area contributed by atoms with Gasteiger partial charge in [0.2, 0.25) is 5.95 Å². The summed E-state index contributed by atoms with van der Waals surface area (Å²) in [5.74, 6) is 4.09. The van der Waals surface area contributed by atoms with Gasteiger partial charge < -0.3 is 9.88 Å². The van der Waals surface area contributed by atoms with Crippen LogP contribution in [0.3, 0.4) is 0 Å². The van der Waals surface area contributed by atoms with Crippen LogP contribution in [0.5, 0.6) is 0 Å². The van der Waals surface area contributed by atoms with Crippen LogP contribution in [-0.4, -0.2) is 16.1 Å². The molecule has 0 aliphatic heterocycles. The Morgan fingerprint density at radius 1 is 1.20 bits per heavy atom. The molecule has 1 heterocycles. The van der Waals surface area contributed by atoms with E-state index in [0.29, 0.717) is 6.04 Å². The van der Waals surface area contributed by atoms with Gasteiger partial charge >= 0.3 is 0 Å². The zero-order valence-corrected chi connectivity index (χ0v) is 12.6. The quantitative estimate of drug-likeness (QED) is 0.893. The number of aromatic nitrogens is 2. The Hall–Kier alpha value is -0.990. The molecule has 0 saturated heterocycles. The third-order valence-corrected chi connectivity index (χ3v) is 5.98. The van der Waals surface area contributed by atoms with E-state index < -0.39 is 0 Å². The van der Waals surface area contributed by atoms with Crippen molar-refractivity contribution in [1.82, 2.24) is 9.55 Å². The van der Waals surface area contributed by atoms with Crippen LogP contribution in [0.1, 0.15) is 63.1 Å². The predicted octanol–water partition coefficient (Wildman–Crippen LogP) is 4.15. The molecule has 0 aromatic carbocycles. The molecule has 1 aromatic rings. The largest absolute Gasteiger partial charge is 0.355 e. The van der Waals surface area contributed by atoms with Gasteiger partial charge in [-0.1, -0.05) is 19.3 Å². The number of rotatable bonds is 4. The summed E-state index contributed by atoms with van der Waals surface area (Å²) < 4.78 is 2.43. The molecule has 3 fully saturated rings. The normalized spacial score (nSPS) is 33.1. The van der Waals surface area contributed by atoms with Gasteiger partial charge in [0.15, 0.2) is 0 Å². The molecule has 3 aliphatic rings. The number of nitrogens with zero attached hydrogens (tertiary/aromatic N) is 2. The lowest BCUT2D eigenvalue weighted by molar-refractivity contribution is 0.347. The third kappa shape index (κ3) is 2.25. The fourth-order valence-electron chi connectivity index (χ4n) is 4.96. The van der Waals surface area contributed by atoms with Crippen molar-refractivity contribution < 1.29 is 0 Å². The van der Waals surface area contributed by atoms with Crippen LogP contribution in [-0.2, 0) is 0 Å². The van der Waals surface area contributed by atoms with Gasteiger partial charge in [-0.25, -0.2) is 4.98 Å². The zero-order chi connectivity index (χ0) is 13.5. The van der Waals surface area contributed by atoms with Crippen molar-refractivity contribution in [3.63, 3.8) is 0 Å². The molecule has 3 aliphatic carbocycles. The van der Waals surface area contributed by atoms with Gasteiger partial charge in [-0.2, -0.15) is 0 Å². The number of anilines is 1.